The number of hydrogen-bond donors (Lipinski definition) is 4. The van der Waals surface area contributed by atoms with Crippen LogP contribution in [0.2, 0.25) is 0 Å². The number of nitrogens with zero attached hydrogens (tertiary/aromatic N) is 1. The zero-order valence-corrected chi connectivity index (χ0v) is 10.5. The number of allylic oxidation sites excluding steroid dienone is 1. The first-order valence-electron chi connectivity index (χ1n) is 6.10. The third-order valence-electron chi connectivity index (χ3n) is 3.49. The number of anilines is 1. The molecule has 8 nitrogen and oxygen atoms in total. The summed E-state index contributed by atoms with van der Waals surface area (Å²) in [6.07, 6.45) is 0.631. The Morgan fingerprint density at radius 2 is 2.10 bits per heavy atom. The Balaban J connectivity index is 2.22. The summed E-state index contributed by atoms with van der Waals surface area (Å²) in [6.45, 7) is 0. The van der Waals surface area contributed by atoms with Crippen molar-refractivity contribution in [3.63, 3.8) is 0 Å². The van der Waals surface area contributed by atoms with Gasteiger partial charge in [-0.25, -0.2) is 4.79 Å². The number of pyridine rings is 1. The van der Waals surface area contributed by atoms with Crippen LogP contribution in [0.15, 0.2) is 12.3 Å². The second-order valence-electron chi connectivity index (χ2n) is 4.82. The lowest BCUT2D eigenvalue weighted by Crippen LogP contribution is -2.37. The molecule has 3 rings (SSSR count). The van der Waals surface area contributed by atoms with Crippen molar-refractivity contribution < 1.29 is 29.7 Å². The number of aromatic nitrogens is 1. The number of carbonyl (C=O) groups excluding carboxylic acids is 2. The molecule has 4 N–H and O–H groups in total. The van der Waals surface area contributed by atoms with Gasteiger partial charge in [0.05, 0.1) is 22.5 Å². The number of hydrogen-bond acceptors (Lipinski definition) is 7. The standard InChI is InChI=1S/C13H10N2O6/c16-6-2-8(18)12(19)4-3-14-10-7(17)1-5(13(20)21)15-11(10)9(4)6/h2-3,5,7,15-17H,1H2,(H,20,21)/t5-,7-/m0/s1. The minimum absolute atomic E-state index is 0.00500. The predicted molar refractivity (Wildman–Crippen MR) is 68.8 cm³/mol. The molecule has 1 aromatic heterocycles. The molecule has 1 aromatic rings. The van der Waals surface area contributed by atoms with Gasteiger partial charge in [0, 0.05) is 18.7 Å². The Bertz CT molecular complexity index is 724. The fraction of sp³-hybridized carbons (Fsp3) is 0.231. The highest BCUT2D eigenvalue weighted by atomic mass is 16.4. The van der Waals surface area contributed by atoms with Crippen LogP contribution in [-0.4, -0.2) is 43.9 Å². The van der Waals surface area contributed by atoms with Crippen molar-refractivity contribution in [2.45, 2.75) is 18.6 Å². The molecule has 2 aliphatic rings. The lowest BCUT2D eigenvalue weighted by atomic mass is 9.89. The smallest absolute Gasteiger partial charge is 0.326 e. The van der Waals surface area contributed by atoms with Gasteiger partial charge in [-0.15, -0.1) is 0 Å². The first kappa shape index (κ1) is 13.3. The Morgan fingerprint density at radius 1 is 1.38 bits per heavy atom. The van der Waals surface area contributed by atoms with E-state index >= 15 is 0 Å². The summed E-state index contributed by atoms with van der Waals surface area (Å²) >= 11 is 0. The highest BCUT2D eigenvalue weighted by Crippen LogP contribution is 2.39. The molecule has 0 radical (unpaired) electrons. The quantitative estimate of drug-likeness (QED) is 0.532. The molecule has 1 aliphatic heterocycles. The monoisotopic (exact) mass is 290 g/mol. The van der Waals surface area contributed by atoms with E-state index in [1.54, 1.807) is 0 Å². The van der Waals surface area contributed by atoms with Crippen LogP contribution in [0, 0.1) is 0 Å². The molecule has 0 amide bonds. The third kappa shape index (κ3) is 1.88. The van der Waals surface area contributed by atoms with Gasteiger partial charge in [0.2, 0.25) is 11.6 Å². The Hall–Kier alpha value is -2.74. The van der Waals surface area contributed by atoms with Crippen LogP contribution in [0.4, 0.5) is 5.69 Å². The Morgan fingerprint density at radius 3 is 2.76 bits per heavy atom. The van der Waals surface area contributed by atoms with Crippen LogP contribution in [0.3, 0.4) is 0 Å². The van der Waals surface area contributed by atoms with Gasteiger partial charge >= 0.3 is 5.97 Å². The maximum absolute atomic E-state index is 11.8. The van der Waals surface area contributed by atoms with E-state index in [1.807, 2.05) is 0 Å². The molecular weight excluding hydrogens is 280 g/mol. The molecule has 0 bridgehead atoms. The SMILES string of the molecule is O=C1C=C(O)c2c(cnc3c2N[C@H](C(=O)O)C[C@@H]3O)C1=O. The van der Waals surface area contributed by atoms with Crippen molar-refractivity contribution in [2.75, 3.05) is 5.32 Å². The van der Waals surface area contributed by atoms with E-state index in [9.17, 15) is 24.6 Å². The van der Waals surface area contributed by atoms with Gasteiger partial charge in [0.25, 0.3) is 0 Å². The van der Waals surface area contributed by atoms with Crippen molar-refractivity contribution in [1.82, 2.24) is 4.98 Å². The van der Waals surface area contributed by atoms with Crippen molar-refractivity contribution in [3.05, 3.63) is 29.1 Å². The zero-order valence-electron chi connectivity index (χ0n) is 10.5. The summed E-state index contributed by atoms with van der Waals surface area (Å²) in [7, 11) is 0. The molecule has 2 heterocycles. The van der Waals surface area contributed by atoms with Crippen LogP contribution in [0.1, 0.15) is 34.1 Å². The van der Waals surface area contributed by atoms with Gasteiger partial charge in [0.15, 0.2) is 0 Å². The van der Waals surface area contributed by atoms with Crippen molar-refractivity contribution in [1.29, 1.82) is 0 Å². The highest BCUT2D eigenvalue weighted by Gasteiger charge is 2.37. The largest absolute Gasteiger partial charge is 0.507 e. The number of Topliss-reactive ketones (excluding diaryl/α,β-unsaturated/α-hetero) is 1. The van der Waals surface area contributed by atoms with Crippen molar-refractivity contribution in [3.8, 4) is 0 Å². The second-order valence-corrected chi connectivity index (χ2v) is 4.82. The summed E-state index contributed by atoms with van der Waals surface area (Å²) < 4.78 is 0. The molecule has 0 saturated heterocycles. The predicted octanol–water partition coefficient (Wildman–Crippen LogP) is 0.0481. The number of aliphatic hydroxyl groups is 2. The first-order valence-corrected chi connectivity index (χ1v) is 6.10. The maximum atomic E-state index is 11.8. The number of aliphatic hydroxyl groups excluding tert-OH is 2. The minimum Gasteiger partial charge on any atom is -0.507 e. The summed E-state index contributed by atoms with van der Waals surface area (Å²) in [5, 5.41) is 31.6. The van der Waals surface area contributed by atoms with E-state index in [0.717, 1.165) is 12.3 Å². The number of nitrogens with one attached hydrogen (secondary N) is 1. The van der Waals surface area contributed by atoms with Crippen LogP contribution >= 0.6 is 0 Å². The third-order valence-corrected chi connectivity index (χ3v) is 3.49. The molecule has 8 heteroatoms. The van der Waals surface area contributed by atoms with E-state index < -0.39 is 35.4 Å². The molecule has 108 valence electrons. The second kappa shape index (κ2) is 4.38. The molecule has 0 aromatic carbocycles. The normalized spacial score (nSPS) is 23.8. The van der Waals surface area contributed by atoms with Gasteiger partial charge in [-0.1, -0.05) is 0 Å². The summed E-state index contributed by atoms with van der Waals surface area (Å²) in [4.78, 5) is 38.2. The van der Waals surface area contributed by atoms with Crippen LogP contribution in [-0.2, 0) is 9.59 Å². The van der Waals surface area contributed by atoms with Gasteiger partial charge in [-0.2, -0.15) is 0 Å². The average Bonchev–Trinajstić information content (AvgIpc) is 2.43. The Labute approximate surface area is 117 Å². The lowest BCUT2D eigenvalue weighted by molar-refractivity contribution is -0.138. The molecular formula is C13H10N2O6. The maximum Gasteiger partial charge on any atom is 0.326 e. The molecule has 0 fully saturated rings. The van der Waals surface area contributed by atoms with Crippen LogP contribution < -0.4 is 5.32 Å². The van der Waals surface area contributed by atoms with Crippen LogP contribution in [0.5, 0.6) is 0 Å². The molecule has 0 saturated carbocycles. The highest BCUT2D eigenvalue weighted by molar-refractivity contribution is 6.50. The van der Waals surface area contributed by atoms with Gasteiger partial charge in [-0.3, -0.25) is 14.6 Å². The zero-order chi connectivity index (χ0) is 15.3. The van der Waals surface area contributed by atoms with Gasteiger partial charge in [0.1, 0.15) is 17.9 Å². The van der Waals surface area contributed by atoms with E-state index in [4.69, 9.17) is 5.11 Å². The lowest BCUT2D eigenvalue weighted by Gasteiger charge is -2.30. The van der Waals surface area contributed by atoms with Gasteiger partial charge < -0.3 is 20.6 Å². The first-order chi connectivity index (χ1) is 9.90. The minimum atomic E-state index is -1.18. The number of ketones is 2. The Kier molecular flexibility index (Phi) is 2.77. The summed E-state index contributed by atoms with van der Waals surface area (Å²) in [5.41, 5.74) is 0.0701. The number of aliphatic carboxylic acids is 1. The summed E-state index contributed by atoms with van der Waals surface area (Å²) in [5.74, 6) is -3.36. The number of fused-ring (bicyclic) bond motifs is 3. The van der Waals surface area contributed by atoms with E-state index in [1.165, 1.54) is 0 Å². The number of carbonyl (C=O) groups is 3. The van der Waals surface area contributed by atoms with E-state index in [2.05, 4.69) is 10.3 Å². The van der Waals surface area contributed by atoms with E-state index in [-0.39, 0.29) is 28.9 Å². The fourth-order valence-corrected chi connectivity index (χ4v) is 2.49. The fourth-order valence-electron chi connectivity index (χ4n) is 2.49. The molecule has 1 aliphatic carbocycles. The summed E-state index contributed by atoms with van der Waals surface area (Å²) in [6, 6.07) is -1.08. The average molecular weight is 290 g/mol. The van der Waals surface area contributed by atoms with Crippen LogP contribution in [0.25, 0.3) is 5.76 Å². The number of carboxylic acid groups (broad SMARTS) is 1. The van der Waals surface area contributed by atoms with E-state index in [0.29, 0.717) is 0 Å². The molecule has 0 spiro atoms. The molecule has 0 unspecified atom stereocenters. The topological polar surface area (TPSA) is 137 Å². The van der Waals surface area contributed by atoms with Crippen molar-refractivity contribution >= 4 is 29.0 Å². The molecule has 21 heavy (non-hydrogen) atoms. The van der Waals surface area contributed by atoms with Gasteiger partial charge in [-0.05, 0) is 0 Å². The number of carboxylic acids is 1. The molecule has 2 atom stereocenters. The number of rotatable bonds is 1. The van der Waals surface area contributed by atoms with Crippen molar-refractivity contribution in [2.24, 2.45) is 0 Å².